The molecule has 9 nitrogen and oxygen atoms in total. The number of Topliss-reactive ketones (excluding diaryl/α,β-unsaturated/α-hetero) is 1. The van der Waals surface area contributed by atoms with Crippen molar-refractivity contribution >= 4 is 44.6 Å². The number of nitrogens with one attached hydrogen (secondary N) is 1. The van der Waals surface area contributed by atoms with E-state index in [1.165, 1.54) is 18.1 Å². The summed E-state index contributed by atoms with van der Waals surface area (Å²) in [5.41, 5.74) is 9.44. The number of rotatable bonds is 7. The smallest absolute Gasteiger partial charge is 0.212 e. The van der Waals surface area contributed by atoms with Gasteiger partial charge in [0.1, 0.15) is 6.33 Å². The van der Waals surface area contributed by atoms with E-state index in [0.29, 0.717) is 35.7 Å². The van der Waals surface area contributed by atoms with E-state index in [4.69, 9.17) is 5.73 Å². The first-order chi connectivity index (χ1) is 15.4. The highest BCUT2D eigenvalue weighted by atomic mass is 32.2. The fourth-order valence-electron chi connectivity index (χ4n) is 3.95. The molecule has 0 spiro atoms. The van der Waals surface area contributed by atoms with Crippen LogP contribution in [0.4, 0.5) is 5.82 Å². The standard InChI is InChI=1S/C22H28N6O3S2/c1-13-10-14-6-7-16(29)15(14)11-17(13)32-21-26-18-19(23)24-12-25-20(18)28(21)8-5-9-33(30,31)27-22(2,3)4/h10-12,27H,5-9H2,1-4H3,(H2,23,24,25). The molecule has 0 fully saturated rings. The maximum absolute atomic E-state index is 12.4. The van der Waals surface area contributed by atoms with Crippen LogP contribution in [0.15, 0.2) is 28.5 Å². The van der Waals surface area contributed by atoms with Crippen LogP contribution in [-0.2, 0) is 23.0 Å². The molecule has 0 bridgehead atoms. The van der Waals surface area contributed by atoms with Crippen molar-refractivity contribution in [1.82, 2.24) is 24.2 Å². The number of benzene rings is 1. The molecule has 2 heterocycles. The van der Waals surface area contributed by atoms with Gasteiger partial charge >= 0.3 is 0 Å². The van der Waals surface area contributed by atoms with Gasteiger partial charge in [-0.3, -0.25) is 4.79 Å². The fourth-order valence-corrected chi connectivity index (χ4v) is 6.51. The molecule has 0 saturated carbocycles. The monoisotopic (exact) mass is 488 g/mol. The van der Waals surface area contributed by atoms with E-state index in [1.54, 1.807) is 0 Å². The summed E-state index contributed by atoms with van der Waals surface area (Å²) in [6.45, 7) is 7.84. The molecule has 0 aliphatic heterocycles. The molecule has 2 aromatic heterocycles. The number of sulfonamides is 1. The van der Waals surface area contributed by atoms with Crippen molar-refractivity contribution in [1.29, 1.82) is 0 Å². The molecular weight excluding hydrogens is 460 g/mol. The van der Waals surface area contributed by atoms with Gasteiger partial charge in [0.25, 0.3) is 0 Å². The summed E-state index contributed by atoms with van der Waals surface area (Å²) in [6.07, 6.45) is 3.07. The average molecular weight is 489 g/mol. The van der Waals surface area contributed by atoms with Crippen LogP contribution in [-0.4, -0.2) is 45.0 Å². The summed E-state index contributed by atoms with van der Waals surface area (Å²) in [5.74, 6) is 0.400. The van der Waals surface area contributed by atoms with E-state index in [2.05, 4.69) is 25.7 Å². The molecule has 0 amide bonds. The van der Waals surface area contributed by atoms with E-state index in [-0.39, 0.29) is 17.4 Å². The number of aromatic nitrogens is 4. The SMILES string of the molecule is Cc1cc2c(cc1Sc1nc3c(N)ncnc3n1CCCS(=O)(=O)NC(C)(C)C)C(=O)CC2. The summed E-state index contributed by atoms with van der Waals surface area (Å²) < 4.78 is 29.4. The average Bonchev–Trinajstić information content (AvgIpc) is 3.22. The van der Waals surface area contributed by atoms with Gasteiger partial charge in [-0.2, -0.15) is 0 Å². The molecule has 3 N–H and O–H groups in total. The van der Waals surface area contributed by atoms with E-state index in [9.17, 15) is 13.2 Å². The lowest BCUT2D eigenvalue weighted by atomic mass is 10.1. The van der Waals surface area contributed by atoms with Crippen molar-refractivity contribution in [3.63, 3.8) is 0 Å². The van der Waals surface area contributed by atoms with Crippen LogP contribution in [0.25, 0.3) is 11.2 Å². The topological polar surface area (TPSA) is 133 Å². The van der Waals surface area contributed by atoms with Gasteiger partial charge in [-0.05, 0) is 57.7 Å². The van der Waals surface area contributed by atoms with Crippen LogP contribution < -0.4 is 10.5 Å². The maximum atomic E-state index is 12.4. The third kappa shape index (κ3) is 5.20. The van der Waals surface area contributed by atoms with E-state index in [1.807, 2.05) is 38.3 Å². The first kappa shape index (κ1) is 23.7. The van der Waals surface area contributed by atoms with E-state index < -0.39 is 15.6 Å². The zero-order chi connectivity index (χ0) is 24.0. The Morgan fingerprint density at radius 1 is 1.21 bits per heavy atom. The molecule has 0 atom stereocenters. The predicted octanol–water partition coefficient (Wildman–Crippen LogP) is 3.11. The highest BCUT2D eigenvalue weighted by Crippen LogP contribution is 2.36. The number of nitrogens with zero attached hydrogens (tertiary/aromatic N) is 4. The molecule has 11 heteroatoms. The molecule has 1 aliphatic carbocycles. The van der Waals surface area contributed by atoms with Crippen LogP contribution >= 0.6 is 11.8 Å². The van der Waals surface area contributed by atoms with Gasteiger partial charge in [0, 0.05) is 29.0 Å². The molecule has 33 heavy (non-hydrogen) atoms. The quantitative estimate of drug-likeness (QED) is 0.518. The van der Waals surface area contributed by atoms with Gasteiger partial charge in [0.05, 0.1) is 5.75 Å². The molecule has 1 aliphatic rings. The second kappa shape index (κ2) is 8.69. The summed E-state index contributed by atoms with van der Waals surface area (Å²) in [4.78, 5) is 26.2. The number of hydrogen-bond donors (Lipinski definition) is 2. The zero-order valence-electron chi connectivity index (χ0n) is 19.2. The van der Waals surface area contributed by atoms with Crippen molar-refractivity contribution in [3.05, 3.63) is 35.2 Å². The van der Waals surface area contributed by atoms with Crippen LogP contribution in [0.5, 0.6) is 0 Å². The predicted molar refractivity (Wildman–Crippen MR) is 129 cm³/mol. The van der Waals surface area contributed by atoms with Gasteiger partial charge in [-0.25, -0.2) is 28.1 Å². The minimum Gasteiger partial charge on any atom is -0.382 e. The minimum absolute atomic E-state index is 0.0268. The number of nitrogens with two attached hydrogens (primary N) is 1. The van der Waals surface area contributed by atoms with E-state index in [0.717, 1.165) is 28.0 Å². The molecule has 4 rings (SSSR count). The number of anilines is 1. The molecule has 0 unspecified atom stereocenters. The number of hydrogen-bond acceptors (Lipinski definition) is 8. The Hall–Kier alpha value is -2.50. The number of fused-ring (bicyclic) bond motifs is 2. The van der Waals surface area contributed by atoms with Crippen molar-refractivity contribution < 1.29 is 13.2 Å². The lowest BCUT2D eigenvalue weighted by Gasteiger charge is -2.20. The zero-order valence-corrected chi connectivity index (χ0v) is 20.8. The van der Waals surface area contributed by atoms with Gasteiger partial charge in [-0.15, -0.1) is 0 Å². The molecule has 1 aromatic carbocycles. The number of carbonyl (C=O) groups excluding carboxylic acids is 1. The number of carbonyl (C=O) groups is 1. The summed E-state index contributed by atoms with van der Waals surface area (Å²) in [7, 11) is -3.43. The number of nitrogen functional groups attached to an aromatic ring is 1. The Labute approximate surface area is 197 Å². The van der Waals surface area contributed by atoms with Crippen LogP contribution in [0, 0.1) is 6.92 Å². The van der Waals surface area contributed by atoms with Gasteiger partial charge in [-0.1, -0.05) is 17.8 Å². The number of imidazole rings is 1. The summed E-state index contributed by atoms with van der Waals surface area (Å²) in [6, 6.07) is 4.00. The van der Waals surface area contributed by atoms with E-state index >= 15 is 0 Å². The largest absolute Gasteiger partial charge is 0.382 e. The molecular formula is C22H28N6O3S2. The lowest BCUT2D eigenvalue weighted by Crippen LogP contribution is -2.41. The van der Waals surface area contributed by atoms with Gasteiger partial charge in [0.15, 0.2) is 27.9 Å². The van der Waals surface area contributed by atoms with Crippen LogP contribution in [0.1, 0.15) is 55.1 Å². The van der Waals surface area contributed by atoms with Crippen molar-refractivity contribution in [3.8, 4) is 0 Å². The maximum Gasteiger partial charge on any atom is 0.212 e. The lowest BCUT2D eigenvalue weighted by molar-refractivity contribution is 0.0994. The Kier molecular flexibility index (Phi) is 6.23. The third-order valence-electron chi connectivity index (χ3n) is 5.31. The first-order valence-corrected chi connectivity index (χ1v) is 13.2. The van der Waals surface area contributed by atoms with Crippen molar-refractivity contribution in [2.45, 2.75) is 69.1 Å². The Bertz CT molecular complexity index is 1340. The van der Waals surface area contributed by atoms with Gasteiger partial charge < -0.3 is 10.3 Å². The first-order valence-electron chi connectivity index (χ1n) is 10.8. The Morgan fingerprint density at radius 3 is 2.70 bits per heavy atom. The second-order valence-corrected chi connectivity index (χ2v) is 12.2. The second-order valence-electron chi connectivity index (χ2n) is 9.30. The fraction of sp³-hybridized carbons (Fsp3) is 0.455. The minimum atomic E-state index is -3.43. The summed E-state index contributed by atoms with van der Waals surface area (Å²) in [5, 5.41) is 0.631. The molecule has 0 saturated heterocycles. The number of ketones is 1. The Morgan fingerprint density at radius 2 is 1.97 bits per heavy atom. The molecule has 0 radical (unpaired) electrons. The summed E-state index contributed by atoms with van der Waals surface area (Å²) >= 11 is 1.42. The normalized spacial score (nSPS) is 14.2. The molecule has 176 valence electrons. The van der Waals surface area contributed by atoms with Crippen LogP contribution in [0.3, 0.4) is 0 Å². The third-order valence-corrected chi connectivity index (χ3v) is 8.21. The van der Waals surface area contributed by atoms with Crippen molar-refractivity contribution in [2.75, 3.05) is 11.5 Å². The van der Waals surface area contributed by atoms with Gasteiger partial charge in [0.2, 0.25) is 10.0 Å². The number of aryl methyl sites for hydroxylation is 3. The highest BCUT2D eigenvalue weighted by Gasteiger charge is 2.24. The van der Waals surface area contributed by atoms with Crippen LogP contribution in [0.2, 0.25) is 0 Å². The van der Waals surface area contributed by atoms with Crippen molar-refractivity contribution in [2.24, 2.45) is 0 Å². The highest BCUT2D eigenvalue weighted by molar-refractivity contribution is 7.99. The molecule has 3 aromatic rings. The Balaban J connectivity index is 1.64.